The smallest absolute Gasteiger partial charge is 0.192 e. The molecular weight excluding hydrogens is 565 g/mol. The van der Waals surface area contributed by atoms with Gasteiger partial charge in [-0.1, -0.05) is 140 Å². The summed E-state index contributed by atoms with van der Waals surface area (Å²) in [6.07, 6.45) is 0. The van der Waals surface area contributed by atoms with E-state index in [9.17, 15) is 4.57 Å². The molecule has 8 aromatic rings. The Kier molecular flexibility index (Phi) is 6.91. The largest absolute Gasteiger partial charge is 0.309 e. The summed E-state index contributed by atoms with van der Waals surface area (Å²) in [5, 5.41) is 3.28. The van der Waals surface area contributed by atoms with Gasteiger partial charge in [0.15, 0.2) is 8.46 Å². The van der Waals surface area contributed by atoms with Crippen molar-refractivity contribution in [3.8, 4) is 50.2 Å². The van der Waals surface area contributed by atoms with Crippen LogP contribution in [0, 0.1) is 0 Å². The molecule has 0 atom stereocenters. The summed E-state index contributed by atoms with van der Waals surface area (Å²) < 4.78 is 14.9. The average Bonchev–Trinajstić information content (AvgIpc) is 3.46. The number of fused-ring (bicyclic) bond motifs is 3. The molecule has 0 spiro atoms. The van der Waals surface area contributed by atoms with Crippen LogP contribution < -0.4 is 5.30 Å². The van der Waals surface area contributed by atoms with Gasteiger partial charge in [0.05, 0.1) is 16.3 Å². The van der Waals surface area contributed by atoms with Crippen LogP contribution in [-0.4, -0.2) is 4.57 Å². The molecule has 212 valence electrons. The molecule has 1 heterocycles. The van der Waals surface area contributed by atoms with E-state index in [1.807, 2.05) is 24.3 Å². The lowest BCUT2D eigenvalue weighted by molar-refractivity contribution is 0.603. The maximum atomic E-state index is 12.5. The second-order valence-corrected chi connectivity index (χ2v) is 11.9. The summed E-state index contributed by atoms with van der Waals surface area (Å²) >= 11 is 0. The van der Waals surface area contributed by atoms with Crippen molar-refractivity contribution in [1.82, 2.24) is 4.57 Å². The predicted molar refractivity (Wildman–Crippen MR) is 190 cm³/mol. The number of benzene rings is 7. The fourth-order valence-electron chi connectivity index (χ4n) is 6.58. The van der Waals surface area contributed by atoms with E-state index in [0.29, 0.717) is 0 Å². The number of para-hydroxylation sites is 2. The maximum absolute atomic E-state index is 12.5. The van der Waals surface area contributed by atoms with E-state index in [1.54, 1.807) is 0 Å². The minimum Gasteiger partial charge on any atom is -0.309 e. The Morgan fingerprint density at radius 2 is 0.889 bits per heavy atom. The summed E-state index contributed by atoms with van der Waals surface area (Å²) in [5.74, 6) is 0. The molecule has 0 aliphatic heterocycles. The number of hydrogen-bond donors (Lipinski definition) is 0. The number of aromatic nitrogens is 1. The quantitative estimate of drug-likeness (QED) is 0.176. The van der Waals surface area contributed by atoms with Gasteiger partial charge < -0.3 is 4.57 Å². The topological polar surface area (TPSA) is 22.0 Å². The molecule has 2 nitrogen and oxygen atoms in total. The monoisotopic (exact) mass is 593 g/mol. The summed E-state index contributed by atoms with van der Waals surface area (Å²) in [6.45, 7) is 0. The van der Waals surface area contributed by atoms with Crippen LogP contribution in [0.3, 0.4) is 0 Å². The molecule has 0 fully saturated rings. The highest BCUT2D eigenvalue weighted by atomic mass is 31.1. The Hall–Kier alpha value is -5.56. The van der Waals surface area contributed by atoms with Gasteiger partial charge >= 0.3 is 0 Å². The Balaban J connectivity index is 1.30. The van der Waals surface area contributed by atoms with Crippen LogP contribution in [0.4, 0.5) is 0 Å². The normalized spacial score (nSPS) is 11.4. The van der Waals surface area contributed by atoms with Crippen LogP contribution in [0.15, 0.2) is 170 Å². The lowest BCUT2D eigenvalue weighted by Crippen LogP contribution is -2.00. The highest BCUT2D eigenvalue weighted by Gasteiger charge is 2.17. The first-order valence-electron chi connectivity index (χ1n) is 15.1. The van der Waals surface area contributed by atoms with E-state index < -0.39 is 0 Å². The second kappa shape index (κ2) is 11.5. The standard InChI is InChI=1S/C42H28NOP/c44-45-41-28-32(24-27-34(41)29-12-3-1-4-13-29)42-35(30-14-5-2-6-15-30)18-11-19-36(42)31-22-25-33(26-23-31)43-39-20-9-7-16-37(39)38-17-8-10-21-40(38)43/h1-28H. The van der Waals surface area contributed by atoms with Gasteiger partial charge in [0, 0.05) is 16.5 Å². The average molecular weight is 594 g/mol. The van der Waals surface area contributed by atoms with E-state index in [0.717, 1.165) is 55.5 Å². The SMILES string of the molecule is O=Pc1cc(-c2c(-c3ccccc3)cccc2-c2ccc(-n3c4ccccc4c4ccccc43)cc2)ccc1-c1ccccc1. The first-order chi connectivity index (χ1) is 22.3. The molecule has 0 unspecified atom stereocenters. The molecule has 8 rings (SSSR count). The summed E-state index contributed by atoms with van der Waals surface area (Å²) in [7, 11) is -0.00496. The second-order valence-electron chi connectivity index (χ2n) is 11.2. The summed E-state index contributed by atoms with van der Waals surface area (Å²) in [6, 6.07) is 59.6. The zero-order valence-corrected chi connectivity index (χ0v) is 25.4. The molecule has 7 aromatic carbocycles. The third-order valence-electron chi connectivity index (χ3n) is 8.64. The summed E-state index contributed by atoms with van der Waals surface area (Å²) in [5.41, 5.74) is 12.2. The van der Waals surface area contributed by atoms with Gasteiger partial charge in [0.25, 0.3) is 0 Å². The van der Waals surface area contributed by atoms with Crippen molar-refractivity contribution in [1.29, 1.82) is 0 Å². The first-order valence-corrected chi connectivity index (χ1v) is 15.9. The van der Waals surface area contributed by atoms with Gasteiger partial charge in [-0.25, -0.2) is 0 Å². The minimum absolute atomic E-state index is 0.00496. The highest BCUT2D eigenvalue weighted by Crippen LogP contribution is 2.41. The Morgan fingerprint density at radius 1 is 0.400 bits per heavy atom. The first kappa shape index (κ1) is 27.0. The molecule has 0 amide bonds. The molecule has 0 aliphatic carbocycles. The van der Waals surface area contributed by atoms with E-state index in [2.05, 4.69) is 150 Å². The minimum atomic E-state index is -0.00496. The molecular formula is C42H28NOP. The van der Waals surface area contributed by atoms with Crippen LogP contribution >= 0.6 is 8.46 Å². The molecule has 0 N–H and O–H groups in total. The number of hydrogen-bond acceptors (Lipinski definition) is 1. The van der Waals surface area contributed by atoms with Crippen molar-refractivity contribution in [3.05, 3.63) is 170 Å². The molecule has 0 saturated carbocycles. The predicted octanol–water partition coefficient (Wildman–Crippen LogP) is 11.4. The molecule has 0 aliphatic rings. The van der Waals surface area contributed by atoms with Crippen molar-refractivity contribution in [2.75, 3.05) is 0 Å². The fraction of sp³-hybridized carbons (Fsp3) is 0. The lowest BCUT2D eigenvalue weighted by Gasteiger charge is -2.18. The van der Waals surface area contributed by atoms with Crippen molar-refractivity contribution in [2.45, 2.75) is 0 Å². The fourth-order valence-corrected chi connectivity index (χ4v) is 7.07. The van der Waals surface area contributed by atoms with E-state index in [4.69, 9.17) is 0 Å². The molecule has 0 radical (unpaired) electrons. The Bertz CT molecular complexity index is 2270. The van der Waals surface area contributed by atoms with E-state index >= 15 is 0 Å². The zero-order valence-electron chi connectivity index (χ0n) is 24.5. The van der Waals surface area contributed by atoms with E-state index in [1.165, 1.54) is 21.8 Å². The lowest BCUT2D eigenvalue weighted by atomic mass is 9.87. The van der Waals surface area contributed by atoms with E-state index in [-0.39, 0.29) is 8.46 Å². The van der Waals surface area contributed by atoms with Crippen LogP contribution in [0.2, 0.25) is 0 Å². The highest BCUT2D eigenvalue weighted by molar-refractivity contribution is 7.34. The molecule has 0 saturated heterocycles. The van der Waals surface area contributed by atoms with Crippen molar-refractivity contribution in [3.63, 3.8) is 0 Å². The van der Waals surface area contributed by atoms with Gasteiger partial charge in [0.1, 0.15) is 0 Å². The number of rotatable bonds is 6. The summed E-state index contributed by atoms with van der Waals surface area (Å²) in [4.78, 5) is 0. The molecule has 3 heteroatoms. The third kappa shape index (κ3) is 4.77. The Morgan fingerprint density at radius 3 is 1.47 bits per heavy atom. The van der Waals surface area contributed by atoms with Crippen LogP contribution in [-0.2, 0) is 4.57 Å². The van der Waals surface area contributed by atoms with Gasteiger partial charge in [-0.2, -0.15) is 0 Å². The maximum Gasteiger partial charge on any atom is 0.192 e. The van der Waals surface area contributed by atoms with Crippen LogP contribution in [0.5, 0.6) is 0 Å². The van der Waals surface area contributed by atoms with Gasteiger partial charge in [-0.3, -0.25) is 4.57 Å². The van der Waals surface area contributed by atoms with Crippen LogP contribution in [0.1, 0.15) is 0 Å². The molecule has 45 heavy (non-hydrogen) atoms. The van der Waals surface area contributed by atoms with Crippen molar-refractivity contribution >= 4 is 35.6 Å². The molecule has 1 aromatic heterocycles. The number of nitrogens with zero attached hydrogens (tertiary/aromatic N) is 1. The van der Waals surface area contributed by atoms with Crippen LogP contribution in [0.25, 0.3) is 72.0 Å². The van der Waals surface area contributed by atoms with Gasteiger partial charge in [-0.15, -0.1) is 0 Å². The van der Waals surface area contributed by atoms with Crippen molar-refractivity contribution in [2.24, 2.45) is 0 Å². The van der Waals surface area contributed by atoms with Gasteiger partial charge in [0.2, 0.25) is 0 Å². The third-order valence-corrected chi connectivity index (χ3v) is 9.20. The zero-order chi connectivity index (χ0) is 30.2. The van der Waals surface area contributed by atoms with Gasteiger partial charge in [-0.05, 0) is 74.8 Å². The Labute approximate surface area is 264 Å². The molecule has 0 bridgehead atoms. The van der Waals surface area contributed by atoms with Crippen molar-refractivity contribution < 1.29 is 4.57 Å².